The molecular weight excluding hydrogens is 578 g/mol. The normalized spacial score (nSPS) is 16.1. The highest BCUT2D eigenvalue weighted by Crippen LogP contribution is 2.32. The zero-order valence-corrected chi connectivity index (χ0v) is 26.0. The monoisotopic (exact) mass is 617 g/mol. The highest BCUT2D eigenvalue weighted by molar-refractivity contribution is 5.89. The Hall–Kier alpha value is -4.85. The van der Waals surface area contributed by atoms with Crippen molar-refractivity contribution >= 4 is 16.7 Å². The summed E-state index contributed by atoms with van der Waals surface area (Å²) in [5.74, 6) is 2.28. The van der Waals surface area contributed by atoms with Crippen molar-refractivity contribution in [1.82, 2.24) is 5.32 Å². The van der Waals surface area contributed by atoms with Crippen LogP contribution in [0.1, 0.15) is 39.4 Å². The number of fused-ring (bicyclic) bond motifs is 1. The van der Waals surface area contributed by atoms with E-state index in [1.165, 1.54) is 5.56 Å². The summed E-state index contributed by atoms with van der Waals surface area (Å²) in [4.78, 5) is 12.1. The molecule has 1 N–H and O–H groups in total. The van der Waals surface area contributed by atoms with Gasteiger partial charge in [-0.1, -0.05) is 72.8 Å². The summed E-state index contributed by atoms with van der Waals surface area (Å²) in [5, 5.41) is 5.68. The van der Waals surface area contributed by atoms with Crippen LogP contribution in [-0.4, -0.2) is 45.5 Å². The molecule has 1 saturated heterocycles. The number of hydrogen-bond donors (Lipinski definition) is 1. The number of rotatable bonds is 13. The Balaban J connectivity index is 1.06. The molecule has 0 saturated carbocycles. The highest BCUT2D eigenvalue weighted by atomic mass is 16.6. The number of ether oxygens (including phenoxy) is 5. The topological polar surface area (TPSA) is 75.2 Å². The Kier molecular flexibility index (Phi) is 10.4. The zero-order chi connectivity index (χ0) is 31.6. The van der Waals surface area contributed by atoms with Crippen LogP contribution in [0.3, 0.4) is 0 Å². The summed E-state index contributed by atoms with van der Waals surface area (Å²) < 4.78 is 29.6. The lowest BCUT2D eigenvalue weighted by Crippen LogP contribution is -2.40. The molecule has 1 heterocycles. The molecule has 1 aliphatic heterocycles. The van der Waals surface area contributed by atoms with Gasteiger partial charge in [0, 0.05) is 23.4 Å². The molecule has 0 aromatic heterocycles. The van der Waals surface area contributed by atoms with Crippen LogP contribution in [0.25, 0.3) is 10.8 Å². The van der Waals surface area contributed by atoms with Gasteiger partial charge in [-0.2, -0.15) is 0 Å². The number of nitrogens with one attached hydrogen (secondary N) is 1. The van der Waals surface area contributed by atoms with Crippen LogP contribution in [-0.2, 0) is 22.7 Å². The van der Waals surface area contributed by atoms with Gasteiger partial charge < -0.3 is 29.0 Å². The minimum Gasteiger partial charge on any atom is -0.496 e. The maximum Gasteiger partial charge on any atom is 0.338 e. The summed E-state index contributed by atoms with van der Waals surface area (Å²) in [6.45, 7) is 3.06. The van der Waals surface area contributed by atoms with Crippen molar-refractivity contribution in [3.63, 3.8) is 0 Å². The van der Waals surface area contributed by atoms with Crippen LogP contribution in [0, 0.1) is 0 Å². The van der Waals surface area contributed by atoms with Gasteiger partial charge >= 0.3 is 5.97 Å². The first-order chi connectivity index (χ1) is 22.7. The summed E-state index contributed by atoms with van der Waals surface area (Å²) in [6.07, 6.45) is 0.994. The maximum atomic E-state index is 12.1. The smallest absolute Gasteiger partial charge is 0.338 e. The van der Waals surface area contributed by atoms with E-state index in [4.69, 9.17) is 23.7 Å². The Morgan fingerprint density at radius 2 is 1.57 bits per heavy atom. The van der Waals surface area contributed by atoms with E-state index >= 15 is 0 Å². The number of methoxy groups -OCH3 is 1. The van der Waals surface area contributed by atoms with Crippen LogP contribution in [0.5, 0.6) is 17.2 Å². The van der Waals surface area contributed by atoms with Gasteiger partial charge in [0.2, 0.25) is 0 Å². The molecule has 46 heavy (non-hydrogen) atoms. The molecule has 1 fully saturated rings. The standard InChI is InChI=1S/C39H39NO6/c1-42-36-14-8-6-12-32(36)27-46-37-24-28(23-31-11-5-7-13-34(31)37)26-45-38-25-40-20-19-35(38)29-15-17-33(18-16-29)43-21-22-44-39(41)30-9-3-2-4-10-30/h2-18,23-24,35,38,40H,19-22,25-27H2,1H3. The second-order valence-electron chi connectivity index (χ2n) is 11.3. The lowest BCUT2D eigenvalue weighted by molar-refractivity contribution is 0.0106. The SMILES string of the molecule is COc1ccccc1COc1cc(COC2CNCCC2c2ccc(OCCOC(=O)c3ccccc3)cc2)cc2ccccc12. The first-order valence-corrected chi connectivity index (χ1v) is 15.7. The lowest BCUT2D eigenvalue weighted by atomic mass is 9.87. The van der Waals surface area contributed by atoms with Gasteiger partial charge in [-0.15, -0.1) is 0 Å². The average molecular weight is 618 g/mol. The molecule has 1 aliphatic rings. The fourth-order valence-electron chi connectivity index (χ4n) is 5.87. The van der Waals surface area contributed by atoms with Crippen molar-refractivity contribution < 1.29 is 28.5 Å². The first-order valence-electron chi connectivity index (χ1n) is 15.7. The number of benzene rings is 5. The molecule has 7 heteroatoms. The second kappa shape index (κ2) is 15.4. The Bertz CT molecular complexity index is 1720. The number of carbonyl (C=O) groups excluding carboxylic acids is 1. The van der Waals surface area contributed by atoms with E-state index in [1.807, 2.05) is 66.7 Å². The van der Waals surface area contributed by atoms with E-state index < -0.39 is 0 Å². The quantitative estimate of drug-likeness (QED) is 0.110. The predicted molar refractivity (Wildman–Crippen MR) is 179 cm³/mol. The molecule has 236 valence electrons. The predicted octanol–water partition coefficient (Wildman–Crippen LogP) is 7.33. The molecule has 5 aromatic carbocycles. The van der Waals surface area contributed by atoms with Gasteiger partial charge in [-0.3, -0.25) is 0 Å². The summed E-state index contributed by atoms with van der Waals surface area (Å²) in [5.41, 5.74) is 3.81. The number of carbonyl (C=O) groups is 1. The van der Waals surface area contributed by atoms with E-state index in [0.29, 0.717) is 18.8 Å². The van der Waals surface area contributed by atoms with Crippen molar-refractivity contribution in [2.75, 3.05) is 33.4 Å². The third kappa shape index (κ3) is 7.86. The van der Waals surface area contributed by atoms with E-state index in [0.717, 1.165) is 58.7 Å². The summed E-state index contributed by atoms with van der Waals surface area (Å²) >= 11 is 0. The van der Waals surface area contributed by atoms with Crippen LogP contribution in [0.4, 0.5) is 0 Å². The summed E-state index contributed by atoms with van der Waals surface area (Å²) in [6, 6.07) is 37.6. The van der Waals surface area contributed by atoms with Crippen molar-refractivity contribution in [2.45, 2.75) is 31.7 Å². The fraction of sp³-hybridized carbons (Fsp3) is 0.256. The molecule has 0 radical (unpaired) electrons. The zero-order valence-electron chi connectivity index (χ0n) is 26.0. The minimum absolute atomic E-state index is 0.0161. The number of hydrogen-bond acceptors (Lipinski definition) is 7. The molecule has 2 unspecified atom stereocenters. The van der Waals surface area contributed by atoms with Gasteiger partial charge in [-0.25, -0.2) is 4.79 Å². The largest absolute Gasteiger partial charge is 0.496 e. The Labute approximate surface area is 270 Å². The van der Waals surface area contributed by atoms with Gasteiger partial charge in [0.1, 0.15) is 37.1 Å². The molecule has 0 bridgehead atoms. The van der Waals surface area contributed by atoms with Crippen LogP contribution in [0.15, 0.2) is 115 Å². The summed E-state index contributed by atoms with van der Waals surface area (Å²) in [7, 11) is 1.68. The highest BCUT2D eigenvalue weighted by Gasteiger charge is 2.27. The molecule has 6 rings (SSSR count). The molecule has 0 aliphatic carbocycles. The third-order valence-corrected chi connectivity index (χ3v) is 8.25. The Morgan fingerprint density at radius 1 is 0.783 bits per heavy atom. The van der Waals surface area contributed by atoms with Crippen molar-refractivity contribution in [3.8, 4) is 17.2 Å². The van der Waals surface area contributed by atoms with Gasteiger partial charge in [-0.05, 0) is 71.9 Å². The number of para-hydroxylation sites is 1. The number of esters is 1. The molecule has 7 nitrogen and oxygen atoms in total. The molecule has 0 spiro atoms. The fourth-order valence-corrected chi connectivity index (χ4v) is 5.87. The van der Waals surface area contributed by atoms with Gasteiger partial charge in [0.15, 0.2) is 0 Å². The van der Waals surface area contributed by atoms with Gasteiger partial charge in [0.05, 0.1) is 25.4 Å². The van der Waals surface area contributed by atoms with E-state index in [9.17, 15) is 4.79 Å². The molecular formula is C39H39NO6. The minimum atomic E-state index is -0.350. The molecule has 0 amide bonds. The van der Waals surface area contributed by atoms with E-state index in [1.54, 1.807) is 19.2 Å². The van der Waals surface area contributed by atoms with Crippen LogP contribution >= 0.6 is 0 Å². The van der Waals surface area contributed by atoms with E-state index in [2.05, 4.69) is 41.7 Å². The van der Waals surface area contributed by atoms with Crippen LogP contribution in [0.2, 0.25) is 0 Å². The lowest BCUT2D eigenvalue weighted by Gasteiger charge is -2.32. The molecule has 2 atom stereocenters. The van der Waals surface area contributed by atoms with Crippen molar-refractivity contribution in [1.29, 1.82) is 0 Å². The molecule has 5 aromatic rings. The van der Waals surface area contributed by atoms with Crippen molar-refractivity contribution in [2.24, 2.45) is 0 Å². The van der Waals surface area contributed by atoms with Crippen molar-refractivity contribution in [3.05, 3.63) is 138 Å². The number of piperidine rings is 1. The second-order valence-corrected chi connectivity index (χ2v) is 11.3. The first kappa shape index (κ1) is 31.1. The third-order valence-electron chi connectivity index (χ3n) is 8.25. The van der Waals surface area contributed by atoms with Crippen LogP contribution < -0.4 is 19.5 Å². The average Bonchev–Trinajstić information content (AvgIpc) is 3.12. The maximum absolute atomic E-state index is 12.1. The van der Waals surface area contributed by atoms with Gasteiger partial charge in [0.25, 0.3) is 0 Å². The van der Waals surface area contributed by atoms with E-state index in [-0.39, 0.29) is 31.2 Å². The Morgan fingerprint density at radius 3 is 2.41 bits per heavy atom.